The van der Waals surface area contributed by atoms with E-state index in [0.29, 0.717) is 6.61 Å². The van der Waals surface area contributed by atoms with Crippen molar-refractivity contribution < 1.29 is 9.47 Å². The maximum atomic E-state index is 5.74. The molecule has 1 N–H and O–H groups in total. The van der Waals surface area contributed by atoms with Crippen LogP contribution in [0.15, 0.2) is 36.5 Å². The first-order chi connectivity index (χ1) is 10.4. The van der Waals surface area contributed by atoms with Gasteiger partial charge in [0.2, 0.25) is 0 Å². The van der Waals surface area contributed by atoms with E-state index in [0.717, 1.165) is 43.1 Å². The van der Waals surface area contributed by atoms with Crippen molar-refractivity contribution in [3.8, 4) is 11.5 Å². The number of benzene rings is 1. The highest BCUT2D eigenvalue weighted by Crippen LogP contribution is 2.36. The minimum atomic E-state index is 0.283. The van der Waals surface area contributed by atoms with E-state index in [-0.39, 0.29) is 6.04 Å². The second kappa shape index (κ2) is 5.28. The van der Waals surface area contributed by atoms with Crippen LogP contribution < -0.4 is 14.8 Å². The normalized spacial score (nSPS) is 19.7. The van der Waals surface area contributed by atoms with Crippen molar-refractivity contribution in [1.29, 1.82) is 0 Å². The van der Waals surface area contributed by atoms with Gasteiger partial charge in [-0.1, -0.05) is 6.07 Å². The molecule has 21 heavy (non-hydrogen) atoms. The highest BCUT2D eigenvalue weighted by atomic mass is 16.5. The summed E-state index contributed by atoms with van der Waals surface area (Å²) in [6.07, 6.45) is 4.97. The van der Waals surface area contributed by atoms with E-state index in [1.807, 2.05) is 24.4 Å². The number of pyridine rings is 1. The van der Waals surface area contributed by atoms with Crippen LogP contribution in [0, 0.1) is 0 Å². The number of hydrogen-bond donors (Lipinski definition) is 1. The topological polar surface area (TPSA) is 43.4 Å². The second-order valence-electron chi connectivity index (χ2n) is 5.50. The molecular weight excluding hydrogens is 264 g/mol. The highest BCUT2D eigenvalue weighted by Gasteiger charge is 2.23. The Balaban J connectivity index is 1.57. The van der Waals surface area contributed by atoms with Gasteiger partial charge in [0.25, 0.3) is 0 Å². The van der Waals surface area contributed by atoms with Gasteiger partial charge in [-0.25, -0.2) is 0 Å². The van der Waals surface area contributed by atoms with Crippen molar-refractivity contribution in [3.05, 3.63) is 47.8 Å². The van der Waals surface area contributed by atoms with Gasteiger partial charge < -0.3 is 14.8 Å². The highest BCUT2D eigenvalue weighted by molar-refractivity contribution is 5.56. The zero-order valence-corrected chi connectivity index (χ0v) is 11.8. The Hall–Kier alpha value is -2.23. The van der Waals surface area contributed by atoms with E-state index in [9.17, 15) is 0 Å². The van der Waals surface area contributed by atoms with Crippen LogP contribution in [0.1, 0.15) is 30.1 Å². The van der Waals surface area contributed by atoms with Gasteiger partial charge in [-0.3, -0.25) is 4.98 Å². The third kappa shape index (κ3) is 2.42. The van der Waals surface area contributed by atoms with Crippen molar-refractivity contribution in [1.82, 2.24) is 4.98 Å². The number of nitrogens with zero attached hydrogens (tertiary/aromatic N) is 1. The fourth-order valence-electron chi connectivity index (χ4n) is 3.01. The fourth-order valence-corrected chi connectivity index (χ4v) is 3.01. The van der Waals surface area contributed by atoms with Gasteiger partial charge in [-0.05, 0) is 36.6 Å². The standard InChI is InChI=1S/C17H18N2O2/c1-3-12-4-6-14(17(12)18-8-1)19-13-5-7-15-16(11-13)21-10-2-9-20-15/h1,3,5,7-8,11,14,19H,2,4,6,9-10H2. The summed E-state index contributed by atoms with van der Waals surface area (Å²) in [5.41, 5.74) is 3.58. The molecule has 0 bridgehead atoms. The summed E-state index contributed by atoms with van der Waals surface area (Å²) >= 11 is 0. The number of aromatic nitrogens is 1. The zero-order valence-electron chi connectivity index (χ0n) is 11.8. The lowest BCUT2D eigenvalue weighted by atomic mass is 10.2. The molecule has 108 valence electrons. The first-order valence-electron chi connectivity index (χ1n) is 7.50. The molecule has 1 aromatic carbocycles. The van der Waals surface area contributed by atoms with Crippen LogP contribution >= 0.6 is 0 Å². The molecule has 4 nitrogen and oxygen atoms in total. The maximum absolute atomic E-state index is 5.74. The van der Waals surface area contributed by atoms with Crippen LogP contribution in [0.4, 0.5) is 5.69 Å². The third-order valence-corrected chi connectivity index (χ3v) is 4.05. The largest absolute Gasteiger partial charge is 0.490 e. The summed E-state index contributed by atoms with van der Waals surface area (Å²) in [6, 6.07) is 10.5. The Morgan fingerprint density at radius 1 is 1.10 bits per heavy atom. The fraction of sp³-hybridized carbons (Fsp3) is 0.353. The van der Waals surface area contributed by atoms with Crippen molar-refractivity contribution in [2.75, 3.05) is 18.5 Å². The third-order valence-electron chi connectivity index (χ3n) is 4.05. The van der Waals surface area contributed by atoms with Crippen LogP contribution in [0.2, 0.25) is 0 Å². The predicted octanol–water partition coefficient (Wildman–Crippen LogP) is 3.34. The quantitative estimate of drug-likeness (QED) is 0.917. The predicted molar refractivity (Wildman–Crippen MR) is 81.0 cm³/mol. The average molecular weight is 282 g/mol. The Kier molecular flexibility index (Phi) is 3.14. The summed E-state index contributed by atoms with van der Waals surface area (Å²) in [7, 11) is 0. The summed E-state index contributed by atoms with van der Waals surface area (Å²) in [5, 5.41) is 3.57. The Morgan fingerprint density at radius 3 is 2.95 bits per heavy atom. The van der Waals surface area contributed by atoms with Crippen LogP contribution in [0.3, 0.4) is 0 Å². The van der Waals surface area contributed by atoms with Crippen LogP contribution in [0.25, 0.3) is 0 Å². The molecule has 0 saturated heterocycles. The average Bonchev–Trinajstić information content (AvgIpc) is 2.77. The molecule has 0 saturated carbocycles. The molecule has 2 heterocycles. The molecule has 1 atom stereocenters. The monoisotopic (exact) mass is 282 g/mol. The minimum absolute atomic E-state index is 0.283. The smallest absolute Gasteiger partial charge is 0.163 e. The number of nitrogens with one attached hydrogen (secondary N) is 1. The van der Waals surface area contributed by atoms with Gasteiger partial charge >= 0.3 is 0 Å². The number of fused-ring (bicyclic) bond motifs is 2. The maximum Gasteiger partial charge on any atom is 0.163 e. The van der Waals surface area contributed by atoms with Crippen molar-refractivity contribution in [2.45, 2.75) is 25.3 Å². The van der Waals surface area contributed by atoms with Gasteiger partial charge in [0.05, 0.1) is 24.9 Å². The molecule has 0 amide bonds. The number of ether oxygens (including phenoxy) is 2. The van der Waals surface area contributed by atoms with E-state index in [1.54, 1.807) is 0 Å². The van der Waals surface area contributed by atoms with E-state index in [2.05, 4.69) is 22.4 Å². The van der Waals surface area contributed by atoms with E-state index in [1.165, 1.54) is 11.3 Å². The lowest BCUT2D eigenvalue weighted by Gasteiger charge is -2.16. The van der Waals surface area contributed by atoms with Gasteiger partial charge in [0.1, 0.15) is 0 Å². The summed E-state index contributed by atoms with van der Waals surface area (Å²) in [6.45, 7) is 1.43. The first-order valence-corrected chi connectivity index (χ1v) is 7.50. The Morgan fingerprint density at radius 2 is 2.00 bits per heavy atom. The lowest BCUT2D eigenvalue weighted by molar-refractivity contribution is 0.297. The molecule has 2 aromatic rings. The minimum Gasteiger partial charge on any atom is -0.490 e. The molecule has 0 fully saturated rings. The lowest BCUT2D eigenvalue weighted by Crippen LogP contribution is -2.08. The SMILES string of the molecule is c1cnc2c(c1)CCC2Nc1ccc2c(c1)OCCCO2. The molecule has 0 spiro atoms. The summed E-state index contributed by atoms with van der Waals surface area (Å²) in [4.78, 5) is 4.52. The summed E-state index contributed by atoms with van der Waals surface area (Å²) < 4.78 is 11.4. The molecule has 1 unspecified atom stereocenters. The van der Waals surface area contributed by atoms with Crippen molar-refractivity contribution in [2.24, 2.45) is 0 Å². The van der Waals surface area contributed by atoms with Crippen LogP contribution in [-0.4, -0.2) is 18.2 Å². The van der Waals surface area contributed by atoms with E-state index in [4.69, 9.17) is 9.47 Å². The van der Waals surface area contributed by atoms with Crippen LogP contribution in [-0.2, 0) is 6.42 Å². The molecule has 4 heteroatoms. The molecule has 1 aliphatic heterocycles. The number of aryl methyl sites for hydroxylation is 1. The molecule has 1 aliphatic carbocycles. The van der Waals surface area contributed by atoms with E-state index >= 15 is 0 Å². The molecule has 1 aromatic heterocycles. The first kappa shape index (κ1) is 12.5. The van der Waals surface area contributed by atoms with Gasteiger partial charge in [-0.2, -0.15) is 0 Å². The van der Waals surface area contributed by atoms with Gasteiger partial charge in [0.15, 0.2) is 11.5 Å². The zero-order chi connectivity index (χ0) is 14.1. The Labute approximate surface area is 124 Å². The van der Waals surface area contributed by atoms with Gasteiger partial charge in [0, 0.05) is 24.4 Å². The van der Waals surface area contributed by atoms with Crippen molar-refractivity contribution in [3.63, 3.8) is 0 Å². The number of anilines is 1. The molecule has 0 radical (unpaired) electrons. The molecule has 4 rings (SSSR count). The second-order valence-corrected chi connectivity index (χ2v) is 5.50. The summed E-state index contributed by atoms with van der Waals surface area (Å²) in [5.74, 6) is 1.67. The number of rotatable bonds is 2. The van der Waals surface area contributed by atoms with Gasteiger partial charge in [-0.15, -0.1) is 0 Å². The van der Waals surface area contributed by atoms with E-state index < -0.39 is 0 Å². The Bertz CT molecular complexity index is 657. The number of hydrogen-bond acceptors (Lipinski definition) is 4. The van der Waals surface area contributed by atoms with Crippen molar-refractivity contribution >= 4 is 5.69 Å². The molecular formula is C17H18N2O2. The molecule has 2 aliphatic rings. The van der Waals surface area contributed by atoms with Crippen LogP contribution in [0.5, 0.6) is 11.5 Å².